The van der Waals surface area contributed by atoms with Gasteiger partial charge in [-0.05, 0) is 26.8 Å². The molecule has 0 aromatic carbocycles. The van der Waals surface area contributed by atoms with Crippen molar-refractivity contribution in [1.82, 2.24) is 4.90 Å². The van der Waals surface area contributed by atoms with Crippen LogP contribution in [0.4, 0.5) is 0 Å². The molecule has 1 rings (SSSR count). The van der Waals surface area contributed by atoms with Gasteiger partial charge in [0, 0.05) is 12.6 Å². The van der Waals surface area contributed by atoms with Crippen LogP contribution in [0.2, 0.25) is 0 Å². The summed E-state index contributed by atoms with van der Waals surface area (Å²) < 4.78 is 4.75. The molecular weight excluding hydrogens is 182 g/mol. The lowest BCUT2D eigenvalue weighted by Crippen LogP contribution is -2.32. The first-order valence-corrected chi connectivity index (χ1v) is 5.17. The molecule has 0 aromatic heterocycles. The second kappa shape index (κ2) is 5.32. The van der Waals surface area contributed by atoms with Crippen molar-refractivity contribution in [2.45, 2.75) is 38.3 Å². The Morgan fingerprint density at radius 3 is 2.79 bits per heavy atom. The van der Waals surface area contributed by atoms with E-state index in [0.717, 1.165) is 0 Å². The lowest BCUT2D eigenvalue weighted by Gasteiger charge is -2.19. The van der Waals surface area contributed by atoms with Gasteiger partial charge in [-0.25, -0.2) is 0 Å². The van der Waals surface area contributed by atoms with Gasteiger partial charge in [0.2, 0.25) is 0 Å². The molecule has 0 radical (unpaired) electrons. The van der Waals surface area contributed by atoms with Gasteiger partial charge in [-0.1, -0.05) is 0 Å². The molecule has 82 valence electrons. The van der Waals surface area contributed by atoms with Crippen LogP contribution < -0.4 is 0 Å². The van der Waals surface area contributed by atoms with Gasteiger partial charge < -0.3 is 14.7 Å². The van der Waals surface area contributed by atoms with E-state index in [-0.39, 0.29) is 12.4 Å². The second-order valence-electron chi connectivity index (χ2n) is 3.83. The molecule has 1 aliphatic carbocycles. The molecule has 0 amide bonds. The van der Waals surface area contributed by atoms with Crippen molar-refractivity contribution in [3.63, 3.8) is 0 Å². The predicted octanol–water partition coefficient (Wildman–Crippen LogP) is 0.395. The van der Waals surface area contributed by atoms with Crippen LogP contribution in [0.5, 0.6) is 0 Å². The number of nitrogens with zero attached hydrogens (tertiary/aromatic N) is 1. The van der Waals surface area contributed by atoms with Crippen LogP contribution in [0.3, 0.4) is 0 Å². The third-order valence-electron chi connectivity index (χ3n) is 2.38. The summed E-state index contributed by atoms with van der Waals surface area (Å²) in [7, 11) is 1.98. The zero-order valence-corrected chi connectivity index (χ0v) is 8.90. The van der Waals surface area contributed by atoms with E-state index >= 15 is 0 Å². The average molecular weight is 201 g/mol. The number of carbonyl (C=O) groups is 1. The largest absolute Gasteiger partial charge is 0.466 e. The van der Waals surface area contributed by atoms with E-state index in [1.165, 1.54) is 12.8 Å². The third-order valence-corrected chi connectivity index (χ3v) is 2.38. The Kier molecular flexibility index (Phi) is 4.35. The van der Waals surface area contributed by atoms with Gasteiger partial charge in [0.25, 0.3) is 0 Å². The fourth-order valence-corrected chi connectivity index (χ4v) is 1.47. The van der Waals surface area contributed by atoms with E-state index in [0.29, 0.717) is 19.2 Å². The monoisotopic (exact) mass is 201 g/mol. The molecule has 1 fully saturated rings. The van der Waals surface area contributed by atoms with E-state index in [1.54, 1.807) is 6.92 Å². The Morgan fingerprint density at radius 1 is 1.64 bits per heavy atom. The topological polar surface area (TPSA) is 49.8 Å². The summed E-state index contributed by atoms with van der Waals surface area (Å²) in [4.78, 5) is 13.1. The molecule has 14 heavy (non-hydrogen) atoms. The summed E-state index contributed by atoms with van der Waals surface area (Å²) in [6, 6.07) is 0.617. The molecule has 0 aromatic rings. The molecule has 1 atom stereocenters. The Bertz CT molecular complexity index is 192. The van der Waals surface area contributed by atoms with Crippen LogP contribution in [0, 0.1) is 0 Å². The smallest absolute Gasteiger partial charge is 0.308 e. The van der Waals surface area contributed by atoms with Crippen molar-refractivity contribution >= 4 is 5.97 Å². The minimum atomic E-state index is -0.598. The lowest BCUT2D eigenvalue weighted by molar-refractivity contribution is -0.145. The number of likely N-dealkylation sites (N-methyl/N-ethyl adjacent to an activating group) is 1. The van der Waals surface area contributed by atoms with E-state index < -0.39 is 6.10 Å². The normalized spacial score (nSPS) is 18.3. The zero-order valence-electron chi connectivity index (χ0n) is 8.90. The summed E-state index contributed by atoms with van der Waals surface area (Å²) in [6.07, 6.45) is 1.93. The molecule has 1 aliphatic rings. The molecule has 1 saturated carbocycles. The number of carbonyl (C=O) groups excluding carboxylic acids is 1. The van der Waals surface area contributed by atoms with Crippen molar-refractivity contribution < 1.29 is 14.6 Å². The van der Waals surface area contributed by atoms with Gasteiger partial charge in [-0.2, -0.15) is 0 Å². The molecular formula is C10H19NO3. The van der Waals surface area contributed by atoms with Crippen molar-refractivity contribution in [2.75, 3.05) is 20.2 Å². The van der Waals surface area contributed by atoms with Crippen molar-refractivity contribution in [3.8, 4) is 0 Å². The Hall–Kier alpha value is -0.610. The van der Waals surface area contributed by atoms with E-state index in [9.17, 15) is 9.90 Å². The molecule has 0 aliphatic heterocycles. The summed E-state index contributed by atoms with van der Waals surface area (Å²) in [5, 5.41) is 9.55. The molecule has 0 heterocycles. The first kappa shape index (κ1) is 11.5. The maximum Gasteiger partial charge on any atom is 0.308 e. The fourth-order valence-electron chi connectivity index (χ4n) is 1.47. The van der Waals surface area contributed by atoms with Crippen LogP contribution >= 0.6 is 0 Å². The number of aliphatic hydroxyl groups is 1. The van der Waals surface area contributed by atoms with Crippen LogP contribution in [-0.2, 0) is 9.53 Å². The number of hydrogen-bond acceptors (Lipinski definition) is 4. The Morgan fingerprint density at radius 2 is 2.29 bits per heavy atom. The van der Waals surface area contributed by atoms with Crippen molar-refractivity contribution in [2.24, 2.45) is 0 Å². The predicted molar refractivity (Wildman–Crippen MR) is 52.9 cm³/mol. The molecule has 0 spiro atoms. The van der Waals surface area contributed by atoms with Crippen molar-refractivity contribution in [1.29, 1.82) is 0 Å². The molecule has 1 N–H and O–H groups in total. The summed E-state index contributed by atoms with van der Waals surface area (Å²) in [5.41, 5.74) is 0. The molecule has 0 bridgehead atoms. The van der Waals surface area contributed by atoms with Crippen molar-refractivity contribution in [3.05, 3.63) is 0 Å². The number of esters is 1. The first-order valence-electron chi connectivity index (χ1n) is 5.17. The van der Waals surface area contributed by atoms with Crippen LogP contribution in [-0.4, -0.2) is 48.3 Å². The highest BCUT2D eigenvalue weighted by Crippen LogP contribution is 2.25. The highest BCUT2D eigenvalue weighted by atomic mass is 16.5. The van der Waals surface area contributed by atoms with E-state index in [1.807, 2.05) is 7.05 Å². The molecule has 4 heteroatoms. The number of ether oxygens (including phenoxy) is 1. The second-order valence-corrected chi connectivity index (χ2v) is 3.83. The highest BCUT2D eigenvalue weighted by Gasteiger charge is 2.27. The minimum absolute atomic E-state index is 0.102. The molecule has 1 unspecified atom stereocenters. The average Bonchev–Trinajstić information content (AvgIpc) is 2.85. The van der Waals surface area contributed by atoms with Gasteiger partial charge in [0.15, 0.2) is 0 Å². The Balaban J connectivity index is 2.13. The number of aliphatic hydroxyl groups excluding tert-OH is 1. The molecule has 0 saturated heterocycles. The number of hydrogen-bond donors (Lipinski definition) is 1. The summed E-state index contributed by atoms with van der Waals surface area (Å²) in [5.74, 6) is -0.316. The van der Waals surface area contributed by atoms with Gasteiger partial charge in [0.1, 0.15) is 0 Å². The van der Waals surface area contributed by atoms with Gasteiger partial charge >= 0.3 is 5.97 Å². The zero-order chi connectivity index (χ0) is 10.6. The van der Waals surface area contributed by atoms with Gasteiger partial charge in [-0.15, -0.1) is 0 Å². The third kappa shape index (κ3) is 4.07. The summed E-state index contributed by atoms with van der Waals surface area (Å²) in [6.45, 7) is 2.70. The van der Waals surface area contributed by atoms with Crippen LogP contribution in [0.1, 0.15) is 26.2 Å². The standard InChI is InChI=1S/C10H19NO3/c1-3-14-10(13)6-9(12)7-11(2)8-4-5-8/h8-9,12H,3-7H2,1-2H3. The van der Waals surface area contributed by atoms with E-state index in [4.69, 9.17) is 4.74 Å². The lowest BCUT2D eigenvalue weighted by atomic mass is 10.2. The van der Waals surface area contributed by atoms with E-state index in [2.05, 4.69) is 4.90 Å². The first-order chi connectivity index (χ1) is 6.63. The fraction of sp³-hybridized carbons (Fsp3) is 0.900. The maximum atomic E-state index is 11.0. The quantitative estimate of drug-likeness (QED) is 0.632. The maximum absolute atomic E-state index is 11.0. The van der Waals surface area contributed by atoms with Crippen LogP contribution in [0.25, 0.3) is 0 Å². The minimum Gasteiger partial charge on any atom is -0.466 e. The Labute approximate surface area is 84.8 Å². The van der Waals surface area contributed by atoms with Crippen LogP contribution in [0.15, 0.2) is 0 Å². The molecule has 4 nitrogen and oxygen atoms in total. The van der Waals surface area contributed by atoms with Gasteiger partial charge in [0.05, 0.1) is 19.1 Å². The van der Waals surface area contributed by atoms with Gasteiger partial charge in [-0.3, -0.25) is 4.79 Å². The SMILES string of the molecule is CCOC(=O)CC(O)CN(C)C1CC1. The number of rotatable bonds is 6. The summed E-state index contributed by atoms with van der Waals surface area (Å²) >= 11 is 0. The highest BCUT2D eigenvalue weighted by molar-refractivity contribution is 5.69.